The van der Waals surface area contributed by atoms with Gasteiger partial charge >= 0.3 is 5.97 Å². The average molecular weight is 284 g/mol. The predicted molar refractivity (Wildman–Crippen MR) is 83.9 cm³/mol. The Bertz CT molecular complexity index is 657. The predicted octanol–water partition coefficient (Wildman–Crippen LogP) is 3.88. The van der Waals surface area contributed by atoms with Crippen molar-refractivity contribution in [2.24, 2.45) is 0 Å². The average Bonchev–Trinajstić information content (AvgIpc) is 2.37. The number of aromatic nitrogens is 1. The molecule has 0 amide bonds. The van der Waals surface area contributed by atoms with Crippen molar-refractivity contribution in [1.82, 2.24) is 4.98 Å². The Morgan fingerprint density at radius 1 is 1.24 bits per heavy atom. The molecule has 0 aliphatic carbocycles. The number of benzene rings is 1. The number of hydrogen-bond acceptors (Lipinski definition) is 3. The molecule has 0 aliphatic heterocycles. The number of aryl methyl sites for hydroxylation is 3. The van der Waals surface area contributed by atoms with Gasteiger partial charge in [-0.15, -0.1) is 0 Å². The molecular weight excluding hydrogens is 264 g/mol. The summed E-state index contributed by atoms with van der Waals surface area (Å²) in [6, 6.07) is 8.97. The molecule has 2 aromatic rings. The fourth-order valence-corrected chi connectivity index (χ4v) is 2.79. The van der Waals surface area contributed by atoms with Crippen molar-refractivity contribution in [2.75, 3.05) is 5.32 Å². The number of para-hydroxylation sites is 1. The van der Waals surface area contributed by atoms with Crippen LogP contribution in [0.25, 0.3) is 0 Å². The Balaban J connectivity index is 2.35. The number of anilines is 1. The number of rotatable bonds is 4. The molecule has 1 aromatic heterocycles. The van der Waals surface area contributed by atoms with E-state index in [1.807, 2.05) is 32.9 Å². The zero-order chi connectivity index (χ0) is 15.6. The summed E-state index contributed by atoms with van der Waals surface area (Å²) in [6.07, 6.45) is 0. The van der Waals surface area contributed by atoms with Gasteiger partial charge in [0.05, 0.1) is 11.6 Å². The third-order valence-corrected chi connectivity index (χ3v) is 3.55. The van der Waals surface area contributed by atoms with Crippen molar-refractivity contribution in [1.29, 1.82) is 0 Å². The lowest BCUT2D eigenvalue weighted by Gasteiger charge is -2.21. The van der Waals surface area contributed by atoms with E-state index in [0.717, 1.165) is 22.5 Å². The van der Waals surface area contributed by atoms with E-state index in [0.29, 0.717) is 5.69 Å². The van der Waals surface area contributed by atoms with E-state index in [9.17, 15) is 9.90 Å². The lowest BCUT2D eigenvalue weighted by atomic mass is 9.99. The number of pyridine rings is 1. The molecule has 1 atom stereocenters. The second kappa shape index (κ2) is 5.95. The Labute approximate surface area is 124 Å². The molecule has 0 aliphatic rings. The molecule has 0 radical (unpaired) electrons. The van der Waals surface area contributed by atoms with Crippen LogP contribution in [0, 0.1) is 20.8 Å². The molecule has 21 heavy (non-hydrogen) atoms. The Kier molecular flexibility index (Phi) is 4.26. The molecule has 2 rings (SSSR count). The number of nitrogens with zero attached hydrogens (tertiary/aromatic N) is 1. The van der Waals surface area contributed by atoms with Gasteiger partial charge < -0.3 is 10.4 Å². The second-order valence-corrected chi connectivity index (χ2v) is 5.30. The van der Waals surface area contributed by atoms with Gasteiger partial charge in [-0.2, -0.15) is 0 Å². The van der Waals surface area contributed by atoms with Crippen LogP contribution in [0.1, 0.15) is 45.8 Å². The van der Waals surface area contributed by atoms with Crippen molar-refractivity contribution in [2.45, 2.75) is 33.7 Å². The highest BCUT2D eigenvalue weighted by molar-refractivity contribution is 5.94. The van der Waals surface area contributed by atoms with Gasteiger partial charge in [-0.3, -0.25) is 4.98 Å². The number of aromatic carboxylic acids is 1. The van der Waals surface area contributed by atoms with Crippen LogP contribution in [-0.4, -0.2) is 16.1 Å². The molecule has 110 valence electrons. The standard InChI is InChI=1S/C17H20N2O2/c1-10-9-11(2)18-12(3)16(10)13(4)19-15-8-6-5-7-14(15)17(20)21/h5-9,13,19H,1-4H3,(H,20,21). The van der Waals surface area contributed by atoms with Gasteiger partial charge in [-0.25, -0.2) is 4.79 Å². The molecule has 1 aromatic carbocycles. The summed E-state index contributed by atoms with van der Waals surface area (Å²) in [5.74, 6) is -0.930. The summed E-state index contributed by atoms with van der Waals surface area (Å²) in [7, 11) is 0. The van der Waals surface area contributed by atoms with E-state index in [1.54, 1.807) is 18.2 Å². The minimum absolute atomic E-state index is 0.0152. The fourth-order valence-electron chi connectivity index (χ4n) is 2.79. The van der Waals surface area contributed by atoms with Gasteiger partial charge in [0, 0.05) is 17.1 Å². The highest BCUT2D eigenvalue weighted by Crippen LogP contribution is 2.26. The zero-order valence-electron chi connectivity index (χ0n) is 12.8. The summed E-state index contributed by atoms with van der Waals surface area (Å²) in [5.41, 5.74) is 5.14. The van der Waals surface area contributed by atoms with Crippen LogP contribution in [-0.2, 0) is 0 Å². The van der Waals surface area contributed by atoms with Crippen LogP contribution in [0.4, 0.5) is 5.69 Å². The lowest BCUT2D eigenvalue weighted by Crippen LogP contribution is -2.14. The summed E-state index contributed by atoms with van der Waals surface area (Å²) >= 11 is 0. The van der Waals surface area contributed by atoms with Crippen molar-refractivity contribution in [3.05, 3.63) is 58.4 Å². The van der Waals surface area contributed by atoms with E-state index in [4.69, 9.17) is 0 Å². The first-order valence-corrected chi connectivity index (χ1v) is 6.93. The monoisotopic (exact) mass is 284 g/mol. The Morgan fingerprint density at radius 2 is 1.90 bits per heavy atom. The molecule has 0 spiro atoms. The van der Waals surface area contributed by atoms with Crippen LogP contribution in [0.15, 0.2) is 30.3 Å². The molecule has 2 N–H and O–H groups in total. The lowest BCUT2D eigenvalue weighted by molar-refractivity contribution is 0.0698. The first kappa shape index (κ1) is 15.0. The summed E-state index contributed by atoms with van der Waals surface area (Å²) < 4.78 is 0. The van der Waals surface area contributed by atoms with E-state index in [-0.39, 0.29) is 11.6 Å². The Morgan fingerprint density at radius 3 is 2.52 bits per heavy atom. The van der Waals surface area contributed by atoms with Crippen molar-refractivity contribution in [3.63, 3.8) is 0 Å². The number of nitrogens with one attached hydrogen (secondary N) is 1. The van der Waals surface area contributed by atoms with E-state index in [1.165, 1.54) is 0 Å². The number of carboxylic acid groups (broad SMARTS) is 1. The largest absolute Gasteiger partial charge is 0.478 e. The van der Waals surface area contributed by atoms with Crippen LogP contribution in [0.5, 0.6) is 0 Å². The maximum Gasteiger partial charge on any atom is 0.337 e. The fraction of sp³-hybridized carbons (Fsp3) is 0.294. The topological polar surface area (TPSA) is 62.2 Å². The molecule has 4 heteroatoms. The summed E-state index contributed by atoms with van der Waals surface area (Å²) in [5, 5.41) is 12.5. The molecule has 1 heterocycles. The van der Waals surface area contributed by atoms with Crippen LogP contribution in [0.3, 0.4) is 0 Å². The van der Waals surface area contributed by atoms with Gasteiger partial charge in [0.1, 0.15) is 0 Å². The normalized spacial score (nSPS) is 12.0. The van der Waals surface area contributed by atoms with E-state index in [2.05, 4.69) is 17.2 Å². The van der Waals surface area contributed by atoms with E-state index >= 15 is 0 Å². The second-order valence-electron chi connectivity index (χ2n) is 5.30. The molecule has 0 saturated carbocycles. The number of carboxylic acids is 1. The quantitative estimate of drug-likeness (QED) is 0.894. The summed E-state index contributed by atoms with van der Waals surface area (Å²) in [6.45, 7) is 8.03. The zero-order valence-corrected chi connectivity index (χ0v) is 12.8. The minimum atomic E-state index is -0.930. The van der Waals surface area contributed by atoms with Crippen molar-refractivity contribution < 1.29 is 9.90 Å². The first-order chi connectivity index (χ1) is 9.90. The van der Waals surface area contributed by atoms with Crippen LogP contribution < -0.4 is 5.32 Å². The summed E-state index contributed by atoms with van der Waals surface area (Å²) in [4.78, 5) is 15.8. The minimum Gasteiger partial charge on any atom is -0.478 e. The van der Waals surface area contributed by atoms with Gasteiger partial charge in [0.25, 0.3) is 0 Å². The molecule has 0 fully saturated rings. The third-order valence-electron chi connectivity index (χ3n) is 3.55. The van der Waals surface area contributed by atoms with Crippen molar-refractivity contribution >= 4 is 11.7 Å². The van der Waals surface area contributed by atoms with Gasteiger partial charge in [-0.1, -0.05) is 12.1 Å². The van der Waals surface area contributed by atoms with Crippen LogP contribution in [0.2, 0.25) is 0 Å². The van der Waals surface area contributed by atoms with Gasteiger partial charge in [0.2, 0.25) is 0 Å². The third kappa shape index (κ3) is 3.21. The van der Waals surface area contributed by atoms with Crippen molar-refractivity contribution in [3.8, 4) is 0 Å². The number of carbonyl (C=O) groups is 1. The first-order valence-electron chi connectivity index (χ1n) is 6.93. The highest BCUT2D eigenvalue weighted by Gasteiger charge is 2.16. The van der Waals surface area contributed by atoms with Gasteiger partial charge in [-0.05, 0) is 57.0 Å². The molecule has 1 unspecified atom stereocenters. The molecule has 0 saturated heterocycles. The van der Waals surface area contributed by atoms with Crippen LogP contribution >= 0.6 is 0 Å². The molecule has 0 bridgehead atoms. The maximum atomic E-state index is 11.3. The SMILES string of the molecule is Cc1cc(C)c(C(C)Nc2ccccc2C(=O)O)c(C)n1. The maximum absolute atomic E-state index is 11.3. The Hall–Kier alpha value is -2.36. The highest BCUT2D eigenvalue weighted by atomic mass is 16.4. The number of hydrogen-bond donors (Lipinski definition) is 2. The molecule has 4 nitrogen and oxygen atoms in total. The van der Waals surface area contributed by atoms with E-state index < -0.39 is 5.97 Å². The molecular formula is C17H20N2O2. The smallest absolute Gasteiger partial charge is 0.337 e. The van der Waals surface area contributed by atoms with Gasteiger partial charge in [0.15, 0.2) is 0 Å².